The Morgan fingerprint density at radius 2 is 2.04 bits per heavy atom. The van der Waals surface area contributed by atoms with Crippen LogP contribution in [-0.4, -0.2) is 66.4 Å². The summed E-state index contributed by atoms with van der Waals surface area (Å²) in [6.07, 6.45) is 6.25. The van der Waals surface area contributed by atoms with Crippen LogP contribution in [0.5, 0.6) is 0 Å². The van der Waals surface area contributed by atoms with E-state index in [0.29, 0.717) is 25.7 Å². The van der Waals surface area contributed by atoms with Crippen molar-refractivity contribution in [1.29, 1.82) is 0 Å². The normalized spacial score (nSPS) is 25.7. The lowest BCUT2D eigenvalue weighted by molar-refractivity contribution is -0.127. The molecule has 0 bridgehead atoms. The number of likely N-dealkylation sites (tertiary alicyclic amines) is 1. The number of aliphatic hydroxyl groups excluding tert-OH is 1. The molecule has 0 spiro atoms. The van der Waals surface area contributed by atoms with Crippen LogP contribution in [0.1, 0.15) is 18.4 Å². The summed E-state index contributed by atoms with van der Waals surface area (Å²) in [5.74, 6) is 0.571. The third-order valence-corrected chi connectivity index (χ3v) is 5.15. The first-order chi connectivity index (χ1) is 11.8. The van der Waals surface area contributed by atoms with Gasteiger partial charge in [0.05, 0.1) is 25.9 Å². The molecule has 3 heterocycles. The van der Waals surface area contributed by atoms with Gasteiger partial charge in [0, 0.05) is 30.8 Å². The highest BCUT2D eigenvalue weighted by Crippen LogP contribution is 2.22. The second-order valence-corrected chi connectivity index (χ2v) is 6.81. The van der Waals surface area contributed by atoms with Crippen molar-refractivity contribution in [1.82, 2.24) is 15.2 Å². The predicted octanol–water partition coefficient (Wildman–Crippen LogP) is 0.460. The first kappa shape index (κ1) is 17.3. The average Bonchev–Trinajstić information content (AvgIpc) is 3.03. The van der Waals surface area contributed by atoms with Gasteiger partial charge in [-0.05, 0) is 50.0 Å². The van der Waals surface area contributed by atoms with E-state index in [9.17, 15) is 4.79 Å². The molecule has 132 valence electrons. The molecule has 0 saturated carbocycles. The fourth-order valence-electron chi connectivity index (χ4n) is 3.64. The molecule has 6 nitrogen and oxygen atoms in total. The Hall–Kier alpha value is -1.50. The fraction of sp³-hybridized carbons (Fsp3) is 0.667. The molecule has 2 saturated heterocycles. The molecular weight excluding hydrogens is 306 g/mol. The van der Waals surface area contributed by atoms with E-state index in [1.165, 1.54) is 5.56 Å². The van der Waals surface area contributed by atoms with Crippen molar-refractivity contribution in [2.45, 2.75) is 25.3 Å². The van der Waals surface area contributed by atoms with E-state index >= 15 is 0 Å². The lowest BCUT2D eigenvalue weighted by atomic mass is 9.92. The van der Waals surface area contributed by atoms with Gasteiger partial charge in [-0.1, -0.05) is 0 Å². The molecule has 2 fully saturated rings. The summed E-state index contributed by atoms with van der Waals surface area (Å²) in [6.45, 7) is 3.97. The van der Waals surface area contributed by atoms with Crippen LogP contribution < -0.4 is 5.32 Å². The van der Waals surface area contributed by atoms with Gasteiger partial charge in [-0.2, -0.15) is 0 Å². The highest BCUT2D eigenvalue weighted by atomic mass is 16.5. The lowest BCUT2D eigenvalue weighted by Crippen LogP contribution is -2.46. The fourth-order valence-corrected chi connectivity index (χ4v) is 3.64. The zero-order valence-electron chi connectivity index (χ0n) is 14.1. The lowest BCUT2D eigenvalue weighted by Gasteiger charge is -2.31. The Kier molecular flexibility index (Phi) is 6.18. The number of β-amino-alcohol motifs (C(OH)–C–C–N with tert-alkyl or cyclic N) is 1. The third-order valence-electron chi connectivity index (χ3n) is 5.15. The second kappa shape index (κ2) is 8.55. The van der Waals surface area contributed by atoms with E-state index in [0.717, 1.165) is 32.4 Å². The van der Waals surface area contributed by atoms with Gasteiger partial charge in [0.2, 0.25) is 5.91 Å². The quantitative estimate of drug-likeness (QED) is 0.791. The Balaban J connectivity index is 1.48. The number of hydrogen-bond donors (Lipinski definition) is 2. The number of nitrogens with zero attached hydrogens (tertiary/aromatic N) is 2. The molecule has 2 unspecified atom stereocenters. The minimum absolute atomic E-state index is 0.0853. The van der Waals surface area contributed by atoms with Gasteiger partial charge in [0.25, 0.3) is 0 Å². The number of aromatic nitrogens is 1. The van der Waals surface area contributed by atoms with Crippen LogP contribution in [0.15, 0.2) is 24.5 Å². The summed E-state index contributed by atoms with van der Waals surface area (Å²) in [6, 6.07) is 4.14. The highest BCUT2D eigenvalue weighted by molar-refractivity contribution is 5.79. The Labute approximate surface area is 143 Å². The number of carbonyl (C=O) groups is 1. The maximum absolute atomic E-state index is 12.6. The van der Waals surface area contributed by atoms with Gasteiger partial charge in [-0.3, -0.25) is 9.78 Å². The Morgan fingerprint density at radius 3 is 2.75 bits per heavy atom. The molecule has 3 rings (SSSR count). The molecule has 0 radical (unpaired) electrons. The molecule has 6 heteroatoms. The molecular formula is C18H27N3O3. The average molecular weight is 333 g/mol. The molecule has 0 aromatic carbocycles. The smallest absolute Gasteiger partial charge is 0.223 e. The minimum Gasteiger partial charge on any atom is -0.395 e. The predicted molar refractivity (Wildman–Crippen MR) is 90.4 cm³/mol. The van der Waals surface area contributed by atoms with Crippen LogP contribution in [0, 0.1) is 11.8 Å². The molecule has 2 aliphatic heterocycles. The standard InChI is InChI=1S/C18H27N3O3/c22-10-9-21-7-3-15(4-8-21)18(23)20-17-13-24-12-16(17)11-14-1-5-19-6-2-14/h1-2,5-6,15-17,22H,3-4,7-13H2,(H,20,23). The van der Waals surface area contributed by atoms with Gasteiger partial charge in [-0.25, -0.2) is 0 Å². The van der Waals surface area contributed by atoms with Gasteiger partial charge in [-0.15, -0.1) is 0 Å². The van der Waals surface area contributed by atoms with E-state index in [4.69, 9.17) is 9.84 Å². The molecule has 1 aromatic rings. The van der Waals surface area contributed by atoms with Crippen molar-refractivity contribution in [3.05, 3.63) is 30.1 Å². The molecule has 1 amide bonds. The maximum Gasteiger partial charge on any atom is 0.223 e. The summed E-state index contributed by atoms with van der Waals surface area (Å²) in [5, 5.41) is 12.2. The monoisotopic (exact) mass is 333 g/mol. The Bertz CT molecular complexity index is 518. The van der Waals surface area contributed by atoms with Crippen LogP contribution in [-0.2, 0) is 16.0 Å². The number of rotatable bonds is 6. The summed E-state index contributed by atoms with van der Waals surface area (Å²) in [4.78, 5) is 18.8. The molecule has 2 atom stereocenters. The zero-order chi connectivity index (χ0) is 16.8. The molecule has 2 N–H and O–H groups in total. The van der Waals surface area contributed by atoms with Crippen LogP contribution in [0.2, 0.25) is 0 Å². The van der Waals surface area contributed by atoms with Crippen molar-refractivity contribution >= 4 is 5.91 Å². The van der Waals surface area contributed by atoms with E-state index in [1.807, 2.05) is 12.1 Å². The van der Waals surface area contributed by atoms with Gasteiger partial charge in [0.15, 0.2) is 0 Å². The van der Waals surface area contributed by atoms with Gasteiger partial charge in [0.1, 0.15) is 0 Å². The summed E-state index contributed by atoms with van der Waals surface area (Å²) in [7, 11) is 0. The SMILES string of the molecule is O=C(NC1COCC1Cc1ccncc1)C1CCN(CCO)CC1. The summed E-state index contributed by atoms with van der Waals surface area (Å²) in [5.41, 5.74) is 1.23. The van der Waals surface area contributed by atoms with Crippen molar-refractivity contribution in [3.63, 3.8) is 0 Å². The van der Waals surface area contributed by atoms with E-state index in [-0.39, 0.29) is 24.5 Å². The zero-order valence-corrected chi connectivity index (χ0v) is 14.1. The van der Waals surface area contributed by atoms with E-state index in [1.54, 1.807) is 12.4 Å². The largest absolute Gasteiger partial charge is 0.395 e. The first-order valence-corrected chi connectivity index (χ1v) is 8.86. The van der Waals surface area contributed by atoms with Crippen molar-refractivity contribution in [2.24, 2.45) is 11.8 Å². The number of carbonyl (C=O) groups excluding carboxylic acids is 1. The van der Waals surface area contributed by atoms with E-state index in [2.05, 4.69) is 15.2 Å². The van der Waals surface area contributed by atoms with Crippen molar-refractivity contribution in [2.75, 3.05) is 39.5 Å². The number of ether oxygens (including phenoxy) is 1. The highest BCUT2D eigenvalue weighted by Gasteiger charge is 2.32. The first-order valence-electron chi connectivity index (χ1n) is 8.86. The molecule has 24 heavy (non-hydrogen) atoms. The minimum atomic E-state index is 0.0853. The molecule has 0 aliphatic carbocycles. The number of piperidine rings is 1. The topological polar surface area (TPSA) is 74.7 Å². The van der Waals surface area contributed by atoms with Crippen molar-refractivity contribution in [3.8, 4) is 0 Å². The van der Waals surface area contributed by atoms with Crippen LogP contribution in [0.4, 0.5) is 0 Å². The number of pyridine rings is 1. The number of aliphatic hydroxyl groups is 1. The van der Waals surface area contributed by atoms with Crippen molar-refractivity contribution < 1.29 is 14.6 Å². The van der Waals surface area contributed by atoms with E-state index < -0.39 is 0 Å². The third kappa shape index (κ3) is 4.53. The number of nitrogens with one attached hydrogen (secondary N) is 1. The van der Waals surface area contributed by atoms with Crippen LogP contribution in [0.25, 0.3) is 0 Å². The van der Waals surface area contributed by atoms with Crippen LogP contribution >= 0.6 is 0 Å². The molecule has 2 aliphatic rings. The van der Waals surface area contributed by atoms with Gasteiger partial charge < -0.3 is 20.1 Å². The number of hydrogen-bond acceptors (Lipinski definition) is 5. The second-order valence-electron chi connectivity index (χ2n) is 6.81. The maximum atomic E-state index is 12.6. The summed E-state index contributed by atoms with van der Waals surface area (Å²) >= 11 is 0. The van der Waals surface area contributed by atoms with Crippen LogP contribution in [0.3, 0.4) is 0 Å². The molecule has 1 aromatic heterocycles. The van der Waals surface area contributed by atoms with Gasteiger partial charge >= 0.3 is 0 Å². The number of amides is 1. The Morgan fingerprint density at radius 1 is 1.29 bits per heavy atom. The summed E-state index contributed by atoms with van der Waals surface area (Å²) < 4.78 is 5.61.